The number of carboxylic acids is 1. The van der Waals surface area contributed by atoms with Gasteiger partial charge >= 0.3 is 5.97 Å². The third-order valence-electron chi connectivity index (χ3n) is 2.33. The van der Waals surface area contributed by atoms with Crippen LogP contribution in [-0.4, -0.2) is 27.2 Å². The Balaban J connectivity index is 1.94. The number of anilines is 1. The van der Waals surface area contributed by atoms with Crippen LogP contribution in [0.1, 0.15) is 6.42 Å². The van der Waals surface area contributed by atoms with Crippen LogP contribution >= 0.6 is 11.6 Å². The maximum atomic E-state index is 11.5. The van der Waals surface area contributed by atoms with Crippen molar-refractivity contribution in [1.82, 2.24) is 10.2 Å². The average molecular weight is 242 g/mol. The monoisotopic (exact) mass is 241 g/mol. The largest absolute Gasteiger partial charge is 0.481 e. The van der Waals surface area contributed by atoms with Crippen LogP contribution in [0.3, 0.4) is 0 Å². The predicted molar refractivity (Wildman–Crippen MR) is 54.9 cm³/mol. The minimum absolute atomic E-state index is 0.229. The van der Waals surface area contributed by atoms with Crippen molar-refractivity contribution >= 4 is 29.3 Å². The maximum Gasteiger partial charge on any atom is 0.307 e. The van der Waals surface area contributed by atoms with Crippen LogP contribution in [0, 0.1) is 11.8 Å². The molecule has 0 radical (unpaired) electrons. The minimum atomic E-state index is -0.942. The lowest BCUT2D eigenvalue weighted by atomic mass is 10.3. The van der Waals surface area contributed by atoms with Gasteiger partial charge in [-0.3, -0.25) is 9.59 Å². The molecule has 16 heavy (non-hydrogen) atoms. The van der Waals surface area contributed by atoms with Gasteiger partial charge in [-0.25, -0.2) is 0 Å². The van der Waals surface area contributed by atoms with Crippen molar-refractivity contribution in [2.45, 2.75) is 6.42 Å². The molecule has 1 aliphatic carbocycles. The number of carbonyl (C=O) groups excluding carboxylic acids is 1. The molecule has 2 unspecified atom stereocenters. The van der Waals surface area contributed by atoms with E-state index < -0.39 is 17.8 Å². The van der Waals surface area contributed by atoms with Crippen LogP contribution in [0.15, 0.2) is 12.1 Å². The normalized spacial score (nSPS) is 22.6. The third-order valence-corrected chi connectivity index (χ3v) is 2.53. The van der Waals surface area contributed by atoms with E-state index in [1.54, 1.807) is 0 Å². The molecule has 0 bridgehead atoms. The number of aliphatic carboxylic acids is 1. The minimum Gasteiger partial charge on any atom is -0.481 e. The Labute approximate surface area is 95.6 Å². The third kappa shape index (κ3) is 2.27. The van der Waals surface area contributed by atoms with Crippen molar-refractivity contribution in [2.75, 3.05) is 5.32 Å². The van der Waals surface area contributed by atoms with Crippen LogP contribution in [0.4, 0.5) is 5.82 Å². The highest BCUT2D eigenvalue weighted by atomic mass is 35.5. The molecule has 1 saturated carbocycles. The summed E-state index contributed by atoms with van der Waals surface area (Å²) in [6.07, 6.45) is 0.377. The molecule has 1 aromatic heterocycles. The standard InChI is InChI=1S/C9H8ClN3O3/c10-6-1-2-7(13-12-6)11-8(14)4-3-5(4)9(15)16/h1-2,4-5H,3H2,(H,15,16)(H,11,13,14). The van der Waals surface area contributed by atoms with Gasteiger partial charge in [0.25, 0.3) is 0 Å². The topological polar surface area (TPSA) is 92.2 Å². The van der Waals surface area contributed by atoms with E-state index in [2.05, 4.69) is 15.5 Å². The molecule has 2 N–H and O–H groups in total. The fraction of sp³-hybridized carbons (Fsp3) is 0.333. The Morgan fingerprint density at radius 1 is 1.38 bits per heavy atom. The molecule has 0 spiro atoms. The summed E-state index contributed by atoms with van der Waals surface area (Å²) in [4.78, 5) is 22.0. The van der Waals surface area contributed by atoms with Crippen LogP contribution in [0.5, 0.6) is 0 Å². The molecule has 7 heteroatoms. The summed E-state index contributed by atoms with van der Waals surface area (Å²) in [5.41, 5.74) is 0. The summed E-state index contributed by atoms with van der Waals surface area (Å²) in [6, 6.07) is 3.00. The fourth-order valence-electron chi connectivity index (χ4n) is 1.36. The van der Waals surface area contributed by atoms with E-state index in [1.165, 1.54) is 12.1 Å². The van der Waals surface area contributed by atoms with E-state index in [1.807, 2.05) is 0 Å². The molecule has 6 nitrogen and oxygen atoms in total. The number of rotatable bonds is 3. The molecular weight excluding hydrogens is 234 g/mol. The molecule has 0 aliphatic heterocycles. The number of hydrogen-bond donors (Lipinski definition) is 2. The average Bonchev–Trinajstić information content (AvgIpc) is 3.01. The maximum absolute atomic E-state index is 11.5. The van der Waals surface area contributed by atoms with E-state index in [4.69, 9.17) is 16.7 Å². The summed E-state index contributed by atoms with van der Waals surface area (Å²) in [5, 5.41) is 18.5. The Morgan fingerprint density at radius 3 is 2.62 bits per heavy atom. The first kappa shape index (κ1) is 10.8. The molecule has 1 aromatic rings. The van der Waals surface area contributed by atoms with E-state index in [0.29, 0.717) is 6.42 Å². The quantitative estimate of drug-likeness (QED) is 0.816. The summed E-state index contributed by atoms with van der Waals surface area (Å²) < 4.78 is 0. The van der Waals surface area contributed by atoms with E-state index in [9.17, 15) is 9.59 Å². The molecular formula is C9H8ClN3O3. The first-order valence-corrected chi connectivity index (χ1v) is 4.98. The molecule has 2 atom stereocenters. The summed E-state index contributed by atoms with van der Waals surface area (Å²) in [5.74, 6) is -2.05. The van der Waals surface area contributed by atoms with Crippen molar-refractivity contribution < 1.29 is 14.7 Å². The van der Waals surface area contributed by atoms with Gasteiger partial charge in [-0.2, -0.15) is 0 Å². The van der Waals surface area contributed by atoms with E-state index >= 15 is 0 Å². The molecule has 0 aromatic carbocycles. The lowest BCUT2D eigenvalue weighted by Gasteiger charge is -2.01. The number of nitrogens with zero attached hydrogens (tertiary/aromatic N) is 2. The Bertz CT molecular complexity index is 434. The van der Waals surface area contributed by atoms with Gasteiger partial charge in [0.15, 0.2) is 11.0 Å². The number of amides is 1. The van der Waals surface area contributed by atoms with Crippen molar-refractivity contribution in [3.05, 3.63) is 17.3 Å². The van der Waals surface area contributed by atoms with Crippen LogP contribution < -0.4 is 5.32 Å². The van der Waals surface area contributed by atoms with Crippen molar-refractivity contribution in [3.8, 4) is 0 Å². The van der Waals surface area contributed by atoms with Gasteiger partial charge in [-0.1, -0.05) is 11.6 Å². The van der Waals surface area contributed by atoms with Gasteiger partial charge in [-0.15, -0.1) is 10.2 Å². The molecule has 1 heterocycles. The van der Waals surface area contributed by atoms with Crippen LogP contribution in [0.2, 0.25) is 5.15 Å². The fourth-order valence-corrected chi connectivity index (χ4v) is 1.46. The molecule has 1 amide bonds. The summed E-state index contributed by atoms with van der Waals surface area (Å²) in [7, 11) is 0. The van der Waals surface area contributed by atoms with Gasteiger partial charge in [-0.05, 0) is 18.6 Å². The zero-order valence-electron chi connectivity index (χ0n) is 8.05. The SMILES string of the molecule is O=C(O)C1CC1C(=O)Nc1ccc(Cl)nn1. The molecule has 2 rings (SSSR count). The van der Waals surface area contributed by atoms with Gasteiger partial charge in [0.1, 0.15) is 0 Å². The number of carboxylic acid groups (broad SMARTS) is 1. The number of halogens is 1. The van der Waals surface area contributed by atoms with Crippen molar-refractivity contribution in [1.29, 1.82) is 0 Å². The second-order valence-corrected chi connectivity index (χ2v) is 3.90. The van der Waals surface area contributed by atoms with Gasteiger partial charge in [0.2, 0.25) is 5.91 Å². The van der Waals surface area contributed by atoms with Gasteiger partial charge < -0.3 is 10.4 Å². The van der Waals surface area contributed by atoms with Crippen molar-refractivity contribution in [3.63, 3.8) is 0 Å². The van der Waals surface area contributed by atoms with Crippen molar-refractivity contribution in [2.24, 2.45) is 11.8 Å². The second kappa shape index (κ2) is 4.05. The molecule has 84 valence electrons. The van der Waals surface area contributed by atoms with E-state index in [-0.39, 0.29) is 16.9 Å². The van der Waals surface area contributed by atoms with Crippen LogP contribution in [-0.2, 0) is 9.59 Å². The molecule has 0 saturated heterocycles. The second-order valence-electron chi connectivity index (χ2n) is 3.52. The zero-order valence-corrected chi connectivity index (χ0v) is 8.81. The Kier molecular flexibility index (Phi) is 2.74. The van der Waals surface area contributed by atoms with Gasteiger partial charge in [0.05, 0.1) is 11.8 Å². The van der Waals surface area contributed by atoms with Crippen LogP contribution in [0.25, 0.3) is 0 Å². The van der Waals surface area contributed by atoms with E-state index in [0.717, 1.165) is 0 Å². The lowest BCUT2D eigenvalue weighted by molar-refractivity contribution is -0.139. The number of aromatic nitrogens is 2. The first-order chi connectivity index (χ1) is 7.58. The smallest absolute Gasteiger partial charge is 0.307 e. The highest BCUT2D eigenvalue weighted by Crippen LogP contribution is 2.39. The summed E-state index contributed by atoms with van der Waals surface area (Å²) in [6.45, 7) is 0. The number of hydrogen-bond acceptors (Lipinski definition) is 4. The lowest BCUT2D eigenvalue weighted by Crippen LogP contribution is -2.17. The summed E-state index contributed by atoms with van der Waals surface area (Å²) >= 11 is 5.52. The highest BCUT2D eigenvalue weighted by molar-refractivity contribution is 6.29. The molecule has 1 aliphatic rings. The number of carbonyl (C=O) groups is 2. The van der Waals surface area contributed by atoms with Gasteiger partial charge in [0, 0.05) is 0 Å². The highest BCUT2D eigenvalue weighted by Gasteiger charge is 2.48. The first-order valence-electron chi connectivity index (χ1n) is 4.61. The molecule has 1 fully saturated rings. The zero-order chi connectivity index (χ0) is 11.7. The Morgan fingerprint density at radius 2 is 2.12 bits per heavy atom. The predicted octanol–water partition coefficient (Wildman–Crippen LogP) is 0.789. The number of nitrogens with one attached hydrogen (secondary N) is 1. The Hall–Kier alpha value is -1.69.